The number of rotatable bonds is 7. The standard InChI is InChI=1S/C15H25N3O4/c1-10(2)11(12-17-14(20)22-18-12)13(19)16-8-9-21-15(3)6-4-5-7-15/h10-11H,4-9H2,1-3H3,(H,16,19)(H,17,18,20). The van der Waals surface area contributed by atoms with Crippen molar-refractivity contribution < 1.29 is 14.1 Å². The number of hydrogen-bond donors (Lipinski definition) is 2. The lowest BCUT2D eigenvalue weighted by Gasteiger charge is -2.24. The molecule has 7 nitrogen and oxygen atoms in total. The average Bonchev–Trinajstić information content (AvgIpc) is 3.05. The van der Waals surface area contributed by atoms with Gasteiger partial charge in [0.15, 0.2) is 5.82 Å². The van der Waals surface area contributed by atoms with Crippen LogP contribution in [0.5, 0.6) is 0 Å². The molecule has 2 rings (SSSR count). The molecule has 1 amide bonds. The van der Waals surface area contributed by atoms with E-state index in [0.29, 0.717) is 13.2 Å². The minimum atomic E-state index is -0.647. The quantitative estimate of drug-likeness (QED) is 0.745. The minimum Gasteiger partial charge on any atom is -0.373 e. The van der Waals surface area contributed by atoms with Crippen LogP contribution in [0.3, 0.4) is 0 Å². The zero-order valence-corrected chi connectivity index (χ0v) is 13.5. The highest BCUT2D eigenvalue weighted by atomic mass is 16.5. The lowest BCUT2D eigenvalue weighted by atomic mass is 9.94. The smallest absolute Gasteiger partial charge is 0.373 e. The van der Waals surface area contributed by atoms with Crippen LogP contribution in [0.4, 0.5) is 0 Å². The Hall–Kier alpha value is -1.63. The molecule has 22 heavy (non-hydrogen) atoms. The van der Waals surface area contributed by atoms with Crippen LogP contribution in [-0.2, 0) is 9.53 Å². The maximum atomic E-state index is 12.3. The van der Waals surface area contributed by atoms with Crippen molar-refractivity contribution in [2.75, 3.05) is 13.2 Å². The molecule has 1 aromatic rings. The lowest BCUT2D eigenvalue weighted by molar-refractivity contribution is -0.124. The maximum Gasteiger partial charge on any atom is 0.438 e. The van der Waals surface area contributed by atoms with Gasteiger partial charge < -0.3 is 10.1 Å². The highest BCUT2D eigenvalue weighted by Crippen LogP contribution is 2.32. The molecular formula is C15H25N3O4. The Morgan fingerprint density at radius 3 is 2.68 bits per heavy atom. The Labute approximate surface area is 129 Å². The summed E-state index contributed by atoms with van der Waals surface area (Å²) in [6.45, 7) is 6.85. The fourth-order valence-corrected chi connectivity index (χ4v) is 2.97. The van der Waals surface area contributed by atoms with Crippen molar-refractivity contribution >= 4 is 5.91 Å². The van der Waals surface area contributed by atoms with Crippen LogP contribution in [-0.4, -0.2) is 34.8 Å². The molecule has 1 atom stereocenters. The number of nitrogens with one attached hydrogen (secondary N) is 2. The molecule has 124 valence electrons. The molecule has 0 aliphatic heterocycles. The SMILES string of the molecule is CC(C)C(C(=O)NCCOC1(C)CCCC1)c1noc(=O)[nH]1. The minimum absolute atomic E-state index is 0.00554. The first-order valence-corrected chi connectivity index (χ1v) is 7.89. The number of aromatic amines is 1. The van der Waals surface area contributed by atoms with E-state index in [1.165, 1.54) is 12.8 Å². The molecule has 0 saturated heterocycles. The van der Waals surface area contributed by atoms with E-state index in [1.54, 1.807) is 0 Å². The molecule has 0 aromatic carbocycles. The number of carbonyl (C=O) groups is 1. The number of carbonyl (C=O) groups excluding carboxylic acids is 1. The Morgan fingerprint density at radius 1 is 1.45 bits per heavy atom. The summed E-state index contributed by atoms with van der Waals surface area (Å²) < 4.78 is 10.4. The van der Waals surface area contributed by atoms with E-state index in [0.717, 1.165) is 12.8 Å². The van der Waals surface area contributed by atoms with E-state index in [4.69, 9.17) is 4.74 Å². The van der Waals surface area contributed by atoms with Crippen molar-refractivity contribution in [3.8, 4) is 0 Å². The summed E-state index contributed by atoms with van der Waals surface area (Å²) in [5.41, 5.74) is -0.0421. The summed E-state index contributed by atoms with van der Waals surface area (Å²) >= 11 is 0. The first-order valence-electron chi connectivity index (χ1n) is 7.89. The molecule has 2 N–H and O–H groups in total. The van der Waals surface area contributed by atoms with Gasteiger partial charge in [-0.3, -0.25) is 14.3 Å². The van der Waals surface area contributed by atoms with Crippen LogP contribution in [0.15, 0.2) is 9.32 Å². The number of nitrogens with zero attached hydrogens (tertiary/aromatic N) is 1. The molecule has 1 heterocycles. The largest absolute Gasteiger partial charge is 0.438 e. The predicted molar refractivity (Wildman–Crippen MR) is 80.5 cm³/mol. The van der Waals surface area contributed by atoms with Gasteiger partial charge in [0.2, 0.25) is 5.91 Å². The second-order valence-corrected chi connectivity index (χ2v) is 6.50. The van der Waals surface area contributed by atoms with Gasteiger partial charge in [-0.15, -0.1) is 0 Å². The van der Waals surface area contributed by atoms with Gasteiger partial charge in [-0.2, -0.15) is 0 Å². The first-order chi connectivity index (χ1) is 10.4. The molecule has 0 bridgehead atoms. The van der Waals surface area contributed by atoms with Crippen LogP contribution in [0.2, 0.25) is 0 Å². The molecule has 1 aliphatic rings. The van der Waals surface area contributed by atoms with E-state index in [1.807, 2.05) is 13.8 Å². The monoisotopic (exact) mass is 311 g/mol. The van der Waals surface area contributed by atoms with Gasteiger partial charge in [-0.1, -0.05) is 31.8 Å². The predicted octanol–water partition coefficient (Wildman–Crippen LogP) is 1.57. The number of hydrogen-bond acceptors (Lipinski definition) is 5. The average molecular weight is 311 g/mol. The molecule has 1 fully saturated rings. The molecule has 0 spiro atoms. The zero-order chi connectivity index (χ0) is 16.2. The van der Waals surface area contributed by atoms with Crippen molar-refractivity contribution in [3.05, 3.63) is 16.4 Å². The summed E-state index contributed by atoms with van der Waals surface area (Å²) in [6.07, 6.45) is 4.57. The Morgan fingerprint density at radius 2 is 2.14 bits per heavy atom. The van der Waals surface area contributed by atoms with Gasteiger partial charge in [-0.05, 0) is 25.7 Å². The highest BCUT2D eigenvalue weighted by Gasteiger charge is 2.30. The van der Waals surface area contributed by atoms with Gasteiger partial charge in [0.25, 0.3) is 0 Å². The summed E-state index contributed by atoms with van der Waals surface area (Å²) in [7, 11) is 0. The lowest BCUT2D eigenvalue weighted by Crippen LogP contribution is -2.36. The topological polar surface area (TPSA) is 97.2 Å². The highest BCUT2D eigenvalue weighted by molar-refractivity contribution is 5.82. The van der Waals surface area contributed by atoms with Crippen molar-refractivity contribution in [1.29, 1.82) is 0 Å². The van der Waals surface area contributed by atoms with Gasteiger partial charge in [0.1, 0.15) is 5.92 Å². The Kier molecular flexibility index (Phi) is 5.39. The third-order valence-electron chi connectivity index (χ3n) is 4.21. The Bertz CT molecular complexity index is 543. The third kappa shape index (κ3) is 4.19. The van der Waals surface area contributed by atoms with E-state index in [9.17, 15) is 9.59 Å². The van der Waals surface area contributed by atoms with Crippen molar-refractivity contribution in [2.45, 2.75) is 58.0 Å². The van der Waals surface area contributed by atoms with Crippen LogP contribution >= 0.6 is 0 Å². The summed E-state index contributed by atoms with van der Waals surface area (Å²) in [5.74, 6) is -1.10. The van der Waals surface area contributed by atoms with Gasteiger partial charge in [-0.25, -0.2) is 4.79 Å². The molecule has 1 aromatic heterocycles. The van der Waals surface area contributed by atoms with E-state index in [2.05, 4.69) is 26.9 Å². The van der Waals surface area contributed by atoms with Gasteiger partial charge in [0, 0.05) is 6.54 Å². The summed E-state index contributed by atoms with van der Waals surface area (Å²) in [5, 5.41) is 6.47. The zero-order valence-electron chi connectivity index (χ0n) is 13.5. The first kappa shape index (κ1) is 16.7. The van der Waals surface area contributed by atoms with Crippen LogP contribution in [0, 0.1) is 5.92 Å². The van der Waals surface area contributed by atoms with Gasteiger partial charge >= 0.3 is 5.76 Å². The fraction of sp³-hybridized carbons (Fsp3) is 0.800. The van der Waals surface area contributed by atoms with Gasteiger partial charge in [0.05, 0.1) is 12.2 Å². The van der Waals surface area contributed by atoms with Crippen molar-refractivity contribution in [2.24, 2.45) is 5.92 Å². The fourth-order valence-electron chi connectivity index (χ4n) is 2.97. The van der Waals surface area contributed by atoms with E-state index >= 15 is 0 Å². The van der Waals surface area contributed by atoms with Crippen molar-refractivity contribution in [3.63, 3.8) is 0 Å². The van der Waals surface area contributed by atoms with E-state index in [-0.39, 0.29) is 23.3 Å². The molecule has 7 heteroatoms. The van der Waals surface area contributed by atoms with Crippen LogP contribution in [0.25, 0.3) is 0 Å². The molecule has 1 aliphatic carbocycles. The Balaban J connectivity index is 1.83. The summed E-state index contributed by atoms with van der Waals surface area (Å²) in [4.78, 5) is 25.8. The number of amides is 1. The number of aromatic nitrogens is 2. The molecular weight excluding hydrogens is 286 g/mol. The second kappa shape index (κ2) is 7.09. The summed E-state index contributed by atoms with van der Waals surface area (Å²) in [6, 6.07) is 0. The normalized spacial score (nSPS) is 18.5. The van der Waals surface area contributed by atoms with Crippen LogP contribution in [0.1, 0.15) is 58.2 Å². The van der Waals surface area contributed by atoms with E-state index < -0.39 is 11.7 Å². The molecule has 0 radical (unpaired) electrons. The number of ether oxygens (including phenoxy) is 1. The maximum absolute atomic E-state index is 12.3. The van der Waals surface area contributed by atoms with Crippen LogP contribution < -0.4 is 11.1 Å². The number of H-pyrrole nitrogens is 1. The molecule has 1 unspecified atom stereocenters. The second-order valence-electron chi connectivity index (χ2n) is 6.50. The molecule has 1 saturated carbocycles. The third-order valence-corrected chi connectivity index (χ3v) is 4.21. The van der Waals surface area contributed by atoms with Crippen molar-refractivity contribution in [1.82, 2.24) is 15.5 Å².